The van der Waals surface area contributed by atoms with Crippen LogP contribution in [0.25, 0.3) is 11.1 Å². The number of unbranched alkanes of at least 4 members (excludes halogenated alkanes) is 1. The van der Waals surface area contributed by atoms with Crippen LogP contribution in [-0.2, 0) is 19.1 Å². The molecule has 220 valence electrons. The smallest absolute Gasteiger partial charge is 0.343 e. The molecule has 0 spiro atoms. The van der Waals surface area contributed by atoms with Gasteiger partial charge in [0.25, 0.3) is 0 Å². The minimum atomic E-state index is -0.589. The van der Waals surface area contributed by atoms with Crippen molar-refractivity contribution in [3.8, 4) is 28.4 Å². The molecule has 3 aromatic carbocycles. The number of hydrogen-bond acceptors (Lipinski definition) is 9. The SMILES string of the molecule is C=C(C)C(=O)OCCOc1ccc(OC(=O)c2ccc(-c3ccc(OCCCCOC(=O)C(=C)CO)cc3)cc2)cc1. The normalized spacial score (nSPS) is 10.3. The number of aliphatic hydroxyl groups is 1. The molecule has 0 atom stereocenters. The summed E-state index contributed by atoms with van der Waals surface area (Å²) in [5, 5.41) is 8.85. The maximum atomic E-state index is 12.6. The average Bonchev–Trinajstić information content (AvgIpc) is 3.01. The second-order valence-electron chi connectivity index (χ2n) is 9.18. The number of carbonyl (C=O) groups is 3. The molecule has 0 unspecified atom stereocenters. The summed E-state index contributed by atoms with van der Waals surface area (Å²) in [6.45, 7) is 9.08. The molecule has 0 fully saturated rings. The monoisotopic (exact) mass is 574 g/mol. The van der Waals surface area contributed by atoms with Gasteiger partial charge in [0.1, 0.15) is 30.5 Å². The molecule has 1 N–H and O–H groups in total. The summed E-state index contributed by atoms with van der Waals surface area (Å²) in [7, 11) is 0. The standard InChI is InChI=1S/C33H34O9/c1-23(2)31(35)41-21-20-39-29-14-16-30(17-15-29)42-33(37)27-8-6-25(7-9-27)26-10-12-28(13-11-26)38-18-4-5-19-40-32(36)24(3)22-34/h6-17,34H,1,3-5,18-22H2,2H3. The number of carbonyl (C=O) groups excluding carboxylic acids is 3. The van der Waals surface area contributed by atoms with Crippen molar-refractivity contribution >= 4 is 17.9 Å². The molecule has 0 bridgehead atoms. The lowest BCUT2D eigenvalue weighted by molar-refractivity contribution is -0.140. The van der Waals surface area contributed by atoms with Crippen molar-refractivity contribution in [3.05, 3.63) is 103 Å². The van der Waals surface area contributed by atoms with Crippen molar-refractivity contribution in [2.45, 2.75) is 19.8 Å². The van der Waals surface area contributed by atoms with Crippen LogP contribution in [0.5, 0.6) is 17.2 Å². The number of ether oxygens (including phenoxy) is 5. The third-order valence-electron chi connectivity index (χ3n) is 5.80. The summed E-state index contributed by atoms with van der Waals surface area (Å²) in [5.41, 5.74) is 2.66. The van der Waals surface area contributed by atoms with E-state index in [4.69, 9.17) is 28.8 Å². The highest BCUT2D eigenvalue weighted by molar-refractivity contribution is 5.91. The molecule has 0 aliphatic rings. The van der Waals surface area contributed by atoms with Gasteiger partial charge in [0.15, 0.2) is 0 Å². The van der Waals surface area contributed by atoms with Gasteiger partial charge in [-0.2, -0.15) is 0 Å². The van der Waals surface area contributed by atoms with E-state index in [9.17, 15) is 14.4 Å². The molecule has 0 aliphatic heterocycles. The maximum Gasteiger partial charge on any atom is 0.343 e. The molecule has 0 saturated heterocycles. The van der Waals surface area contributed by atoms with E-state index >= 15 is 0 Å². The molecule has 0 saturated carbocycles. The second kappa shape index (κ2) is 16.4. The molecule has 0 aliphatic carbocycles. The van der Waals surface area contributed by atoms with Crippen molar-refractivity contribution in [1.29, 1.82) is 0 Å². The molecule has 0 aromatic heterocycles. The lowest BCUT2D eigenvalue weighted by Crippen LogP contribution is -2.12. The van der Waals surface area contributed by atoms with E-state index in [0.717, 1.165) is 11.1 Å². The highest BCUT2D eigenvalue weighted by Crippen LogP contribution is 2.24. The van der Waals surface area contributed by atoms with Gasteiger partial charge in [-0.15, -0.1) is 0 Å². The van der Waals surface area contributed by atoms with Crippen LogP contribution in [0.15, 0.2) is 97.1 Å². The number of benzene rings is 3. The third-order valence-corrected chi connectivity index (χ3v) is 5.80. The van der Waals surface area contributed by atoms with Gasteiger partial charge in [-0.3, -0.25) is 0 Å². The topological polar surface area (TPSA) is 118 Å². The van der Waals surface area contributed by atoms with E-state index in [0.29, 0.717) is 47.8 Å². The summed E-state index contributed by atoms with van der Waals surface area (Å²) in [5.74, 6) is 0.0906. The van der Waals surface area contributed by atoms with Crippen LogP contribution in [-0.4, -0.2) is 56.0 Å². The molecule has 0 radical (unpaired) electrons. The lowest BCUT2D eigenvalue weighted by Gasteiger charge is -2.09. The van der Waals surface area contributed by atoms with Crippen LogP contribution >= 0.6 is 0 Å². The molecule has 0 heterocycles. The number of rotatable bonds is 16. The summed E-state index contributed by atoms with van der Waals surface area (Å²) in [4.78, 5) is 35.4. The van der Waals surface area contributed by atoms with Gasteiger partial charge >= 0.3 is 17.9 Å². The fourth-order valence-electron chi connectivity index (χ4n) is 3.45. The van der Waals surface area contributed by atoms with Gasteiger partial charge in [-0.1, -0.05) is 37.4 Å². The number of esters is 3. The molecule has 0 amide bonds. The fraction of sp³-hybridized carbons (Fsp3) is 0.242. The van der Waals surface area contributed by atoms with E-state index in [-0.39, 0.29) is 25.4 Å². The first-order valence-electron chi connectivity index (χ1n) is 13.3. The minimum Gasteiger partial charge on any atom is -0.494 e. The molecule has 9 heteroatoms. The van der Waals surface area contributed by atoms with E-state index in [1.54, 1.807) is 43.3 Å². The zero-order valence-electron chi connectivity index (χ0n) is 23.5. The zero-order chi connectivity index (χ0) is 30.3. The van der Waals surface area contributed by atoms with E-state index < -0.39 is 24.5 Å². The Balaban J connectivity index is 1.40. The van der Waals surface area contributed by atoms with Crippen LogP contribution in [0.2, 0.25) is 0 Å². The van der Waals surface area contributed by atoms with Gasteiger partial charge in [-0.05, 0) is 79.4 Å². The third kappa shape index (κ3) is 10.3. The van der Waals surface area contributed by atoms with Gasteiger partial charge in [0, 0.05) is 5.57 Å². The summed E-state index contributed by atoms with van der Waals surface area (Å²) in [6, 6.07) is 21.3. The lowest BCUT2D eigenvalue weighted by atomic mass is 10.0. The molecule has 9 nitrogen and oxygen atoms in total. The van der Waals surface area contributed by atoms with Gasteiger partial charge in [0.05, 0.1) is 31.0 Å². The van der Waals surface area contributed by atoms with Crippen molar-refractivity contribution < 1.29 is 43.2 Å². The largest absolute Gasteiger partial charge is 0.494 e. The van der Waals surface area contributed by atoms with Crippen LogP contribution < -0.4 is 14.2 Å². The maximum absolute atomic E-state index is 12.6. The Kier molecular flexibility index (Phi) is 12.3. The molecular formula is C33H34O9. The van der Waals surface area contributed by atoms with Crippen LogP contribution in [0.4, 0.5) is 0 Å². The van der Waals surface area contributed by atoms with Crippen molar-refractivity contribution in [3.63, 3.8) is 0 Å². The van der Waals surface area contributed by atoms with Crippen LogP contribution in [0, 0.1) is 0 Å². The Morgan fingerprint density at radius 1 is 0.643 bits per heavy atom. The first-order chi connectivity index (χ1) is 20.3. The molecular weight excluding hydrogens is 540 g/mol. The first-order valence-corrected chi connectivity index (χ1v) is 13.3. The average molecular weight is 575 g/mol. The van der Waals surface area contributed by atoms with Gasteiger partial charge in [-0.25, -0.2) is 14.4 Å². The Bertz CT molecular complexity index is 1360. The predicted octanol–water partition coefficient (Wildman–Crippen LogP) is 5.32. The highest BCUT2D eigenvalue weighted by Gasteiger charge is 2.10. The first kappa shape index (κ1) is 31.6. The number of aliphatic hydroxyl groups excluding tert-OH is 1. The molecule has 3 aromatic rings. The Morgan fingerprint density at radius 2 is 1.14 bits per heavy atom. The van der Waals surface area contributed by atoms with Gasteiger partial charge < -0.3 is 28.8 Å². The van der Waals surface area contributed by atoms with Crippen molar-refractivity contribution in [2.75, 3.05) is 33.0 Å². The highest BCUT2D eigenvalue weighted by atomic mass is 16.6. The van der Waals surface area contributed by atoms with E-state index in [2.05, 4.69) is 13.2 Å². The van der Waals surface area contributed by atoms with Crippen LogP contribution in [0.1, 0.15) is 30.1 Å². The second-order valence-corrected chi connectivity index (χ2v) is 9.18. The minimum absolute atomic E-state index is 0.0354. The van der Waals surface area contributed by atoms with E-state index in [1.165, 1.54) is 0 Å². The van der Waals surface area contributed by atoms with Gasteiger partial charge in [0.2, 0.25) is 0 Å². The van der Waals surface area contributed by atoms with Crippen LogP contribution in [0.3, 0.4) is 0 Å². The summed E-state index contributed by atoms with van der Waals surface area (Å²) < 4.78 is 26.7. The summed E-state index contributed by atoms with van der Waals surface area (Å²) in [6.07, 6.45) is 1.33. The predicted molar refractivity (Wildman–Crippen MR) is 156 cm³/mol. The summed E-state index contributed by atoms with van der Waals surface area (Å²) >= 11 is 0. The molecule has 42 heavy (non-hydrogen) atoms. The number of hydrogen-bond donors (Lipinski definition) is 1. The Labute approximate surface area is 244 Å². The molecule has 3 rings (SSSR count). The Morgan fingerprint density at radius 3 is 1.74 bits per heavy atom. The van der Waals surface area contributed by atoms with E-state index in [1.807, 2.05) is 36.4 Å². The van der Waals surface area contributed by atoms with Crippen molar-refractivity contribution in [1.82, 2.24) is 0 Å². The zero-order valence-corrected chi connectivity index (χ0v) is 23.5. The Hall–Kier alpha value is -4.89. The quantitative estimate of drug-likeness (QED) is 0.105. The van der Waals surface area contributed by atoms with Crippen molar-refractivity contribution in [2.24, 2.45) is 0 Å². The fourth-order valence-corrected chi connectivity index (χ4v) is 3.45.